The van der Waals surface area contributed by atoms with Gasteiger partial charge in [0.25, 0.3) is 0 Å². The summed E-state index contributed by atoms with van der Waals surface area (Å²) in [5.41, 5.74) is 0.699. The van der Waals surface area contributed by atoms with Crippen LogP contribution in [0.5, 0.6) is 0 Å². The second kappa shape index (κ2) is 5.12. The van der Waals surface area contributed by atoms with Gasteiger partial charge in [0.2, 0.25) is 0 Å². The van der Waals surface area contributed by atoms with Crippen molar-refractivity contribution in [2.75, 3.05) is 6.61 Å². The van der Waals surface area contributed by atoms with Crippen LogP contribution in [0.15, 0.2) is 30.3 Å². The molecule has 1 aliphatic heterocycles. The topological polar surface area (TPSA) is 90.2 Å². The summed E-state index contributed by atoms with van der Waals surface area (Å²) in [5.74, 6) is 0. The number of benzene rings is 1. The van der Waals surface area contributed by atoms with Gasteiger partial charge in [-0.25, -0.2) is 0 Å². The molecule has 1 saturated heterocycles. The third kappa shape index (κ3) is 2.34. The van der Waals surface area contributed by atoms with Crippen LogP contribution in [0.3, 0.4) is 0 Å². The Morgan fingerprint density at radius 2 is 1.59 bits per heavy atom. The summed E-state index contributed by atoms with van der Waals surface area (Å²) in [6.45, 7) is -0.408. The molecule has 0 saturated carbocycles. The standard InChI is InChI=1S/C12H16O5/c13-6-8-9(14)10(15)11(16)12(17-8)7-4-2-1-3-5-7/h1-5,8-16H,6H2/t8-,9-,10+,11+,12+/m1/s1. The molecule has 5 nitrogen and oxygen atoms in total. The summed E-state index contributed by atoms with van der Waals surface area (Å²) in [6, 6.07) is 8.92. The van der Waals surface area contributed by atoms with Gasteiger partial charge in [0.15, 0.2) is 0 Å². The summed E-state index contributed by atoms with van der Waals surface area (Å²) < 4.78 is 5.41. The van der Waals surface area contributed by atoms with E-state index >= 15 is 0 Å². The fraction of sp³-hybridized carbons (Fsp3) is 0.500. The molecule has 5 heteroatoms. The van der Waals surface area contributed by atoms with Gasteiger partial charge in [-0.15, -0.1) is 0 Å². The maximum absolute atomic E-state index is 9.86. The molecule has 94 valence electrons. The average Bonchev–Trinajstić information content (AvgIpc) is 2.37. The van der Waals surface area contributed by atoms with Crippen molar-refractivity contribution < 1.29 is 25.2 Å². The second-order valence-electron chi connectivity index (χ2n) is 4.16. The van der Waals surface area contributed by atoms with Crippen LogP contribution in [-0.4, -0.2) is 51.4 Å². The number of aliphatic hydroxyl groups is 4. The molecule has 0 amide bonds. The third-order valence-corrected chi connectivity index (χ3v) is 3.02. The minimum atomic E-state index is -1.33. The smallest absolute Gasteiger partial charge is 0.113 e. The van der Waals surface area contributed by atoms with Crippen LogP contribution in [0, 0.1) is 0 Å². The number of hydrogen-bond donors (Lipinski definition) is 4. The number of ether oxygens (including phenoxy) is 1. The van der Waals surface area contributed by atoms with E-state index in [-0.39, 0.29) is 0 Å². The molecule has 0 unspecified atom stereocenters. The van der Waals surface area contributed by atoms with Gasteiger partial charge in [-0.1, -0.05) is 30.3 Å². The van der Waals surface area contributed by atoms with Gasteiger partial charge in [0, 0.05) is 0 Å². The zero-order chi connectivity index (χ0) is 12.4. The highest BCUT2D eigenvalue weighted by molar-refractivity contribution is 5.20. The summed E-state index contributed by atoms with van der Waals surface area (Å²) in [6.07, 6.45) is -5.46. The van der Waals surface area contributed by atoms with Crippen LogP contribution in [0.2, 0.25) is 0 Å². The van der Waals surface area contributed by atoms with Gasteiger partial charge in [0.05, 0.1) is 6.61 Å². The molecular formula is C12H16O5. The van der Waals surface area contributed by atoms with Crippen molar-refractivity contribution in [3.63, 3.8) is 0 Å². The lowest BCUT2D eigenvalue weighted by Crippen LogP contribution is -2.55. The Morgan fingerprint density at radius 1 is 0.941 bits per heavy atom. The van der Waals surface area contributed by atoms with Crippen molar-refractivity contribution in [2.24, 2.45) is 0 Å². The van der Waals surface area contributed by atoms with Gasteiger partial charge in [-0.3, -0.25) is 0 Å². The van der Waals surface area contributed by atoms with Crippen LogP contribution >= 0.6 is 0 Å². The molecular weight excluding hydrogens is 224 g/mol. The van der Waals surface area contributed by atoms with Gasteiger partial charge in [-0.2, -0.15) is 0 Å². The van der Waals surface area contributed by atoms with E-state index in [1.807, 2.05) is 6.07 Å². The molecule has 0 spiro atoms. The normalized spacial score (nSPS) is 38.0. The minimum Gasteiger partial charge on any atom is -0.394 e. The largest absolute Gasteiger partial charge is 0.394 e. The SMILES string of the molecule is OC[C@H]1O[C@@H](c2ccccc2)[C@@H](O)[C@@H](O)[C@@H]1O. The quantitative estimate of drug-likeness (QED) is 0.543. The highest BCUT2D eigenvalue weighted by atomic mass is 16.5. The zero-order valence-electron chi connectivity index (χ0n) is 9.18. The lowest BCUT2D eigenvalue weighted by Gasteiger charge is -2.40. The monoisotopic (exact) mass is 240 g/mol. The van der Waals surface area contributed by atoms with E-state index in [0.717, 1.165) is 0 Å². The van der Waals surface area contributed by atoms with E-state index in [0.29, 0.717) is 5.56 Å². The fourth-order valence-corrected chi connectivity index (χ4v) is 2.02. The maximum atomic E-state index is 9.86. The molecule has 0 aliphatic carbocycles. The molecule has 0 radical (unpaired) electrons. The Labute approximate surface area is 98.9 Å². The van der Waals surface area contributed by atoms with Gasteiger partial charge < -0.3 is 25.2 Å². The van der Waals surface area contributed by atoms with E-state index in [1.54, 1.807) is 24.3 Å². The van der Waals surface area contributed by atoms with Crippen LogP contribution < -0.4 is 0 Å². The first-order valence-corrected chi connectivity index (χ1v) is 5.50. The molecule has 0 bridgehead atoms. The van der Waals surface area contributed by atoms with E-state index < -0.39 is 37.1 Å². The van der Waals surface area contributed by atoms with E-state index in [1.165, 1.54) is 0 Å². The molecule has 4 N–H and O–H groups in total. The summed E-state index contributed by atoms with van der Waals surface area (Å²) in [7, 11) is 0. The van der Waals surface area contributed by atoms with Crippen LogP contribution in [0.25, 0.3) is 0 Å². The highest BCUT2D eigenvalue weighted by Gasteiger charge is 2.43. The average molecular weight is 240 g/mol. The summed E-state index contributed by atoms with van der Waals surface area (Å²) in [5, 5.41) is 38.2. The molecule has 2 rings (SSSR count). The first-order valence-electron chi connectivity index (χ1n) is 5.50. The maximum Gasteiger partial charge on any atom is 0.113 e. The van der Waals surface area contributed by atoms with Gasteiger partial charge >= 0.3 is 0 Å². The van der Waals surface area contributed by atoms with Crippen molar-refractivity contribution >= 4 is 0 Å². The number of rotatable bonds is 2. The molecule has 17 heavy (non-hydrogen) atoms. The van der Waals surface area contributed by atoms with Crippen LogP contribution in [0.4, 0.5) is 0 Å². The van der Waals surface area contributed by atoms with Gasteiger partial charge in [-0.05, 0) is 5.56 Å². The molecule has 0 aromatic heterocycles. The molecule has 1 heterocycles. The van der Waals surface area contributed by atoms with E-state index in [4.69, 9.17) is 9.84 Å². The first-order chi connectivity index (χ1) is 8.15. The molecule has 1 aromatic carbocycles. The Morgan fingerprint density at radius 3 is 2.18 bits per heavy atom. The highest BCUT2D eigenvalue weighted by Crippen LogP contribution is 2.31. The third-order valence-electron chi connectivity index (χ3n) is 3.02. The Balaban J connectivity index is 2.23. The Kier molecular flexibility index (Phi) is 3.76. The predicted molar refractivity (Wildman–Crippen MR) is 59.2 cm³/mol. The van der Waals surface area contributed by atoms with Crippen molar-refractivity contribution in [1.29, 1.82) is 0 Å². The van der Waals surface area contributed by atoms with E-state index in [9.17, 15) is 15.3 Å². The van der Waals surface area contributed by atoms with Crippen molar-refractivity contribution in [3.8, 4) is 0 Å². The van der Waals surface area contributed by atoms with Crippen molar-refractivity contribution in [1.82, 2.24) is 0 Å². The lowest BCUT2D eigenvalue weighted by molar-refractivity contribution is -0.231. The Hall–Kier alpha value is -0.980. The molecule has 1 aromatic rings. The molecule has 1 fully saturated rings. The van der Waals surface area contributed by atoms with Gasteiger partial charge in [0.1, 0.15) is 30.5 Å². The number of hydrogen-bond acceptors (Lipinski definition) is 5. The zero-order valence-corrected chi connectivity index (χ0v) is 9.18. The summed E-state index contributed by atoms with van der Waals surface area (Å²) >= 11 is 0. The summed E-state index contributed by atoms with van der Waals surface area (Å²) in [4.78, 5) is 0. The Bertz CT molecular complexity index is 353. The fourth-order valence-electron chi connectivity index (χ4n) is 2.02. The molecule has 1 aliphatic rings. The van der Waals surface area contributed by atoms with Crippen molar-refractivity contribution in [3.05, 3.63) is 35.9 Å². The van der Waals surface area contributed by atoms with Crippen LogP contribution in [-0.2, 0) is 4.74 Å². The minimum absolute atomic E-state index is 0.408. The number of aliphatic hydroxyl groups excluding tert-OH is 4. The van der Waals surface area contributed by atoms with Crippen molar-refractivity contribution in [2.45, 2.75) is 30.5 Å². The molecule has 5 atom stereocenters. The van der Waals surface area contributed by atoms with Crippen LogP contribution in [0.1, 0.15) is 11.7 Å². The van der Waals surface area contributed by atoms with E-state index in [2.05, 4.69) is 0 Å². The lowest BCUT2D eigenvalue weighted by atomic mass is 9.91. The first kappa shape index (κ1) is 12.5. The predicted octanol–water partition coefficient (Wildman–Crippen LogP) is -0.799. The second-order valence-corrected chi connectivity index (χ2v) is 4.16.